The Labute approximate surface area is 209 Å². The second-order valence-electron chi connectivity index (χ2n) is 8.70. The van der Waals surface area contributed by atoms with E-state index in [9.17, 15) is 19.7 Å². The molecule has 2 aromatic carbocycles. The molecule has 5 rings (SSSR count). The van der Waals surface area contributed by atoms with Gasteiger partial charge in [-0.15, -0.1) is 0 Å². The van der Waals surface area contributed by atoms with Gasteiger partial charge in [0.2, 0.25) is 0 Å². The number of rotatable bonds is 8. The predicted octanol–water partition coefficient (Wildman–Crippen LogP) is 4.48. The number of carbonyl (C=O) groups is 2. The summed E-state index contributed by atoms with van der Waals surface area (Å²) in [5.74, 6) is 0.126. The molecule has 1 heterocycles. The van der Waals surface area contributed by atoms with Crippen molar-refractivity contribution < 1.29 is 24.0 Å². The highest BCUT2D eigenvalue weighted by Crippen LogP contribution is 2.52. The summed E-state index contributed by atoms with van der Waals surface area (Å²) >= 11 is 3.50. The van der Waals surface area contributed by atoms with Gasteiger partial charge in [0.15, 0.2) is 11.5 Å². The minimum absolute atomic E-state index is 0.0117. The van der Waals surface area contributed by atoms with Crippen molar-refractivity contribution in [3.05, 3.63) is 74.3 Å². The van der Waals surface area contributed by atoms with Crippen molar-refractivity contribution >= 4 is 39.6 Å². The topological polar surface area (TPSA) is 111 Å². The fraction of sp³-hybridized carbons (Fsp3) is 0.320. The molecule has 4 atom stereocenters. The number of non-ortho nitro benzene ring substituents is 1. The molecule has 2 aliphatic carbocycles. The van der Waals surface area contributed by atoms with E-state index in [0.29, 0.717) is 28.1 Å². The summed E-state index contributed by atoms with van der Waals surface area (Å²) in [7, 11) is 0. The Bertz CT molecular complexity index is 1230. The number of benzene rings is 2. The third kappa shape index (κ3) is 4.22. The minimum atomic E-state index is -0.452. The zero-order chi connectivity index (χ0) is 24.7. The molecule has 1 saturated heterocycles. The Kier molecular flexibility index (Phi) is 6.14. The van der Waals surface area contributed by atoms with Crippen molar-refractivity contribution in [2.75, 3.05) is 6.61 Å². The fourth-order valence-corrected chi connectivity index (χ4v) is 5.45. The Hall–Kier alpha value is -3.53. The Balaban J connectivity index is 1.32. The van der Waals surface area contributed by atoms with E-state index in [1.165, 1.54) is 18.3 Å². The molecular weight excluding hydrogens is 518 g/mol. The highest BCUT2D eigenvalue weighted by atomic mass is 79.9. The molecule has 2 bridgehead atoms. The summed E-state index contributed by atoms with van der Waals surface area (Å²) in [6, 6.07) is 9.57. The molecule has 1 aliphatic heterocycles. The molecule has 0 aromatic heterocycles. The van der Waals surface area contributed by atoms with Crippen molar-refractivity contribution in [3.8, 4) is 11.5 Å². The maximum Gasteiger partial charge on any atom is 0.269 e. The first-order chi connectivity index (χ1) is 16.9. The Morgan fingerprint density at radius 1 is 1.09 bits per heavy atom. The monoisotopic (exact) mass is 539 g/mol. The molecule has 0 N–H and O–H groups in total. The summed E-state index contributed by atoms with van der Waals surface area (Å²) < 4.78 is 12.3. The number of imide groups is 1. The fourth-order valence-electron chi connectivity index (χ4n) is 5.03. The van der Waals surface area contributed by atoms with Gasteiger partial charge in [-0.1, -0.05) is 12.2 Å². The first-order valence-corrected chi connectivity index (χ1v) is 12.1. The molecule has 3 aliphatic rings. The van der Waals surface area contributed by atoms with E-state index in [4.69, 9.17) is 9.47 Å². The Morgan fingerprint density at radius 3 is 2.31 bits per heavy atom. The van der Waals surface area contributed by atoms with Crippen LogP contribution in [0.5, 0.6) is 11.5 Å². The van der Waals surface area contributed by atoms with E-state index in [1.807, 2.05) is 19.1 Å². The molecule has 180 valence electrons. The molecule has 2 aromatic rings. The van der Waals surface area contributed by atoms with Gasteiger partial charge in [0, 0.05) is 22.2 Å². The molecule has 1 saturated carbocycles. The van der Waals surface area contributed by atoms with Crippen LogP contribution in [0.2, 0.25) is 0 Å². The van der Waals surface area contributed by atoms with Gasteiger partial charge in [0.05, 0.1) is 29.6 Å². The average Bonchev–Trinajstić information content (AvgIpc) is 3.53. The van der Waals surface area contributed by atoms with Crippen LogP contribution in [0.4, 0.5) is 5.69 Å². The van der Waals surface area contributed by atoms with Gasteiger partial charge >= 0.3 is 0 Å². The summed E-state index contributed by atoms with van der Waals surface area (Å²) in [5.41, 5.74) is 1.40. The van der Waals surface area contributed by atoms with E-state index >= 15 is 0 Å². The smallest absolute Gasteiger partial charge is 0.269 e. The van der Waals surface area contributed by atoms with E-state index in [0.717, 1.165) is 17.0 Å². The summed E-state index contributed by atoms with van der Waals surface area (Å²) in [4.78, 5) is 36.1. The lowest BCUT2D eigenvalue weighted by Crippen LogP contribution is -2.28. The van der Waals surface area contributed by atoms with Crippen LogP contribution in [0.1, 0.15) is 24.5 Å². The normalized spacial score (nSPS) is 24.5. The van der Waals surface area contributed by atoms with Gasteiger partial charge in [-0.3, -0.25) is 19.7 Å². The van der Waals surface area contributed by atoms with Crippen LogP contribution in [0.3, 0.4) is 0 Å². The number of halogens is 1. The van der Waals surface area contributed by atoms with E-state index in [2.05, 4.69) is 21.0 Å². The summed E-state index contributed by atoms with van der Waals surface area (Å²) in [5, 5.41) is 16.1. The van der Waals surface area contributed by atoms with Crippen LogP contribution in [0.15, 0.2) is 58.1 Å². The maximum atomic E-state index is 12.9. The number of hydrazone groups is 1. The minimum Gasteiger partial charge on any atom is -0.490 e. The Morgan fingerprint density at radius 2 is 1.71 bits per heavy atom. The van der Waals surface area contributed by atoms with Crippen molar-refractivity contribution in [1.82, 2.24) is 5.01 Å². The van der Waals surface area contributed by atoms with Crippen LogP contribution in [-0.4, -0.2) is 34.6 Å². The number of carbonyl (C=O) groups excluding carboxylic acids is 2. The summed E-state index contributed by atoms with van der Waals surface area (Å²) in [6.07, 6.45) is 6.43. The van der Waals surface area contributed by atoms with Gasteiger partial charge in [-0.2, -0.15) is 10.1 Å². The zero-order valence-corrected chi connectivity index (χ0v) is 20.4. The average molecular weight is 540 g/mol. The van der Waals surface area contributed by atoms with Crippen molar-refractivity contribution in [1.29, 1.82) is 0 Å². The summed E-state index contributed by atoms with van der Waals surface area (Å²) in [6.45, 7) is 2.43. The van der Waals surface area contributed by atoms with Crippen LogP contribution >= 0.6 is 15.9 Å². The van der Waals surface area contributed by atoms with Crippen LogP contribution < -0.4 is 9.47 Å². The SMILES string of the molecule is CCOc1cc(C=NN2C(=O)[C@@H]3[C@H](C2=O)[C@H]2C=C[C@H]3C2)c(Br)cc1OCc1ccc([N+](=O)[O-])cc1. The molecule has 10 heteroatoms. The first kappa shape index (κ1) is 23.2. The number of fused-ring (bicyclic) bond motifs is 5. The molecule has 0 spiro atoms. The largest absolute Gasteiger partial charge is 0.490 e. The van der Waals surface area contributed by atoms with Crippen molar-refractivity contribution in [2.24, 2.45) is 28.8 Å². The van der Waals surface area contributed by atoms with E-state index < -0.39 is 4.92 Å². The lowest BCUT2D eigenvalue weighted by atomic mass is 9.85. The molecule has 0 radical (unpaired) electrons. The van der Waals surface area contributed by atoms with Crippen LogP contribution in [0.25, 0.3) is 0 Å². The number of hydrogen-bond acceptors (Lipinski definition) is 7. The lowest BCUT2D eigenvalue weighted by Gasteiger charge is -2.14. The second kappa shape index (κ2) is 9.26. The molecule has 0 unspecified atom stereocenters. The third-order valence-electron chi connectivity index (χ3n) is 6.66. The number of ether oxygens (including phenoxy) is 2. The molecule has 2 amide bonds. The van der Waals surface area contributed by atoms with Gasteiger partial charge in [-0.05, 0) is 70.9 Å². The number of nitro groups is 1. The van der Waals surface area contributed by atoms with Gasteiger partial charge in [0.1, 0.15) is 6.61 Å². The highest BCUT2D eigenvalue weighted by Gasteiger charge is 2.59. The van der Waals surface area contributed by atoms with Gasteiger partial charge in [-0.25, -0.2) is 0 Å². The van der Waals surface area contributed by atoms with E-state index in [-0.39, 0.29) is 47.8 Å². The number of amides is 2. The number of allylic oxidation sites excluding steroid dienone is 2. The quantitative estimate of drug-likeness (QED) is 0.161. The third-order valence-corrected chi connectivity index (χ3v) is 7.35. The highest BCUT2D eigenvalue weighted by molar-refractivity contribution is 9.10. The maximum absolute atomic E-state index is 12.9. The van der Waals surface area contributed by atoms with Crippen molar-refractivity contribution in [3.63, 3.8) is 0 Å². The molecule has 9 nitrogen and oxygen atoms in total. The molecular formula is C25H22BrN3O6. The molecule has 2 fully saturated rings. The van der Waals surface area contributed by atoms with E-state index in [1.54, 1.807) is 24.3 Å². The number of nitro benzene ring substituents is 1. The number of nitrogens with zero attached hydrogens (tertiary/aromatic N) is 3. The lowest BCUT2D eigenvalue weighted by molar-refractivity contribution is -0.384. The standard InChI is InChI=1S/C25H22BrN3O6/c1-2-34-20-10-17(12-27-28-24(30)22-15-5-6-16(9-15)23(22)25(28)31)19(26)11-21(20)35-13-14-3-7-18(8-4-14)29(32)33/h3-8,10-12,15-16,22-23H,2,9,13H2,1H3/t15-,16-,22-,23+/m0/s1. The van der Waals surface area contributed by atoms with Crippen LogP contribution in [0, 0.1) is 33.8 Å². The van der Waals surface area contributed by atoms with Crippen molar-refractivity contribution in [2.45, 2.75) is 20.0 Å². The number of hydrogen-bond donors (Lipinski definition) is 0. The second-order valence-corrected chi connectivity index (χ2v) is 9.55. The van der Waals surface area contributed by atoms with Crippen LogP contribution in [-0.2, 0) is 16.2 Å². The first-order valence-electron chi connectivity index (χ1n) is 11.3. The van der Waals surface area contributed by atoms with Gasteiger partial charge < -0.3 is 9.47 Å². The predicted molar refractivity (Wildman–Crippen MR) is 130 cm³/mol. The zero-order valence-electron chi connectivity index (χ0n) is 18.8. The molecule has 35 heavy (non-hydrogen) atoms. The van der Waals surface area contributed by atoms with Gasteiger partial charge in [0.25, 0.3) is 17.5 Å².